The predicted octanol–water partition coefficient (Wildman–Crippen LogP) is 4.50. The molecular weight excluding hydrogens is 268 g/mol. The van der Waals surface area contributed by atoms with Gasteiger partial charge in [-0.1, -0.05) is 17.7 Å². The third kappa shape index (κ3) is 3.42. The van der Waals surface area contributed by atoms with E-state index in [0.717, 1.165) is 5.56 Å². The molecule has 0 spiro atoms. The first kappa shape index (κ1) is 14.7. The summed E-state index contributed by atoms with van der Waals surface area (Å²) in [6, 6.07) is 11.4. The van der Waals surface area contributed by atoms with Crippen LogP contribution in [0.5, 0.6) is 5.75 Å². The molecular formula is C17H18O2S. The first-order chi connectivity index (χ1) is 9.47. The zero-order valence-corrected chi connectivity index (χ0v) is 12.8. The van der Waals surface area contributed by atoms with Crippen LogP contribution in [0.1, 0.15) is 34.0 Å². The number of aryl methyl sites for hydroxylation is 2. The Bertz CT molecular complexity index is 647. The van der Waals surface area contributed by atoms with Gasteiger partial charge in [0.05, 0.1) is 0 Å². The second-order valence-corrected chi connectivity index (χ2v) is 5.97. The summed E-state index contributed by atoms with van der Waals surface area (Å²) in [5.74, 6) is 0.910. The highest BCUT2D eigenvalue weighted by Crippen LogP contribution is 2.30. The quantitative estimate of drug-likeness (QED) is 0.664. The van der Waals surface area contributed by atoms with Crippen molar-refractivity contribution >= 4 is 17.5 Å². The van der Waals surface area contributed by atoms with Crippen LogP contribution < -0.4 is 0 Å². The molecule has 2 nitrogen and oxygen atoms in total. The lowest BCUT2D eigenvalue weighted by Crippen LogP contribution is -1.94. The number of thioether (sulfide) groups is 1. The van der Waals surface area contributed by atoms with E-state index in [2.05, 4.69) is 32.0 Å². The third-order valence-electron chi connectivity index (χ3n) is 3.21. The Hall–Kier alpha value is -1.74. The highest BCUT2D eigenvalue weighted by Gasteiger charge is 2.07. The largest absolute Gasteiger partial charge is 0.508 e. The van der Waals surface area contributed by atoms with E-state index < -0.39 is 0 Å². The smallest absolute Gasteiger partial charge is 0.159 e. The molecule has 0 fully saturated rings. The first-order valence-electron chi connectivity index (χ1n) is 6.50. The van der Waals surface area contributed by atoms with Gasteiger partial charge in [0.2, 0.25) is 0 Å². The van der Waals surface area contributed by atoms with Gasteiger partial charge in [0, 0.05) is 21.8 Å². The van der Waals surface area contributed by atoms with E-state index in [1.54, 1.807) is 30.0 Å². The molecule has 20 heavy (non-hydrogen) atoms. The normalized spacial score (nSPS) is 10.6. The van der Waals surface area contributed by atoms with Crippen LogP contribution in [-0.4, -0.2) is 10.9 Å². The van der Waals surface area contributed by atoms with Crippen molar-refractivity contribution in [3.63, 3.8) is 0 Å². The van der Waals surface area contributed by atoms with Crippen molar-refractivity contribution in [3.8, 4) is 5.75 Å². The summed E-state index contributed by atoms with van der Waals surface area (Å²) >= 11 is 1.68. The SMILES string of the molecule is CC(=O)c1ccc(O)c(CSc2cc(C)ccc2C)c1. The third-order valence-corrected chi connectivity index (χ3v) is 4.42. The minimum absolute atomic E-state index is 0.0167. The van der Waals surface area contributed by atoms with Gasteiger partial charge < -0.3 is 5.11 Å². The molecule has 0 aliphatic rings. The number of aromatic hydroxyl groups is 1. The van der Waals surface area contributed by atoms with Gasteiger partial charge in [0.15, 0.2) is 5.78 Å². The number of ketones is 1. The number of rotatable bonds is 4. The molecule has 0 radical (unpaired) electrons. The summed E-state index contributed by atoms with van der Waals surface area (Å²) in [6.45, 7) is 5.68. The van der Waals surface area contributed by atoms with Crippen LogP contribution in [0.25, 0.3) is 0 Å². The van der Waals surface area contributed by atoms with Crippen molar-refractivity contribution in [2.24, 2.45) is 0 Å². The molecule has 0 saturated carbocycles. The Balaban J connectivity index is 2.20. The van der Waals surface area contributed by atoms with E-state index in [0.29, 0.717) is 11.3 Å². The van der Waals surface area contributed by atoms with Gasteiger partial charge >= 0.3 is 0 Å². The number of hydrogen-bond acceptors (Lipinski definition) is 3. The molecule has 2 aromatic carbocycles. The van der Waals surface area contributed by atoms with Gasteiger partial charge in [-0.05, 0) is 50.6 Å². The fourth-order valence-corrected chi connectivity index (χ4v) is 3.05. The van der Waals surface area contributed by atoms with Crippen molar-refractivity contribution in [1.82, 2.24) is 0 Å². The van der Waals surface area contributed by atoms with Gasteiger partial charge in [-0.2, -0.15) is 0 Å². The number of carbonyl (C=O) groups excluding carboxylic acids is 1. The summed E-state index contributed by atoms with van der Waals surface area (Å²) in [4.78, 5) is 12.6. The highest BCUT2D eigenvalue weighted by atomic mass is 32.2. The molecule has 0 unspecified atom stereocenters. The molecule has 2 aromatic rings. The fourth-order valence-electron chi connectivity index (χ4n) is 1.94. The Morgan fingerprint density at radius 3 is 2.60 bits per heavy atom. The van der Waals surface area contributed by atoms with Crippen molar-refractivity contribution in [3.05, 3.63) is 58.7 Å². The zero-order valence-electron chi connectivity index (χ0n) is 11.9. The number of hydrogen-bond donors (Lipinski definition) is 1. The van der Waals surface area contributed by atoms with Crippen molar-refractivity contribution in [1.29, 1.82) is 0 Å². The minimum Gasteiger partial charge on any atom is -0.508 e. The van der Waals surface area contributed by atoms with Crippen molar-refractivity contribution in [2.45, 2.75) is 31.4 Å². The van der Waals surface area contributed by atoms with Crippen LogP contribution in [0, 0.1) is 13.8 Å². The number of Topliss-reactive ketones (excluding diaryl/α,β-unsaturated/α-hetero) is 1. The van der Waals surface area contributed by atoms with Crippen LogP contribution in [0.15, 0.2) is 41.3 Å². The molecule has 0 aliphatic carbocycles. The van der Waals surface area contributed by atoms with Gasteiger partial charge in [-0.25, -0.2) is 0 Å². The maximum absolute atomic E-state index is 11.4. The van der Waals surface area contributed by atoms with Gasteiger partial charge in [-0.3, -0.25) is 4.79 Å². The number of phenolic OH excluding ortho intramolecular Hbond substituents is 1. The monoisotopic (exact) mass is 286 g/mol. The first-order valence-corrected chi connectivity index (χ1v) is 7.49. The maximum Gasteiger partial charge on any atom is 0.159 e. The molecule has 0 heterocycles. The Kier molecular flexibility index (Phi) is 4.50. The molecule has 0 atom stereocenters. The molecule has 0 aromatic heterocycles. The fraction of sp³-hybridized carbons (Fsp3) is 0.235. The second kappa shape index (κ2) is 6.14. The van der Waals surface area contributed by atoms with Gasteiger partial charge in [0.25, 0.3) is 0 Å². The summed E-state index contributed by atoms with van der Waals surface area (Å²) in [7, 11) is 0. The molecule has 0 bridgehead atoms. The van der Waals surface area contributed by atoms with E-state index in [1.165, 1.54) is 22.9 Å². The predicted molar refractivity (Wildman–Crippen MR) is 83.6 cm³/mol. The van der Waals surface area contributed by atoms with E-state index in [1.807, 2.05) is 0 Å². The average molecular weight is 286 g/mol. The van der Waals surface area contributed by atoms with Crippen LogP contribution in [0.4, 0.5) is 0 Å². The lowest BCUT2D eigenvalue weighted by molar-refractivity contribution is 0.101. The summed E-state index contributed by atoms with van der Waals surface area (Å²) in [5, 5.41) is 9.89. The number of carbonyl (C=O) groups is 1. The summed E-state index contributed by atoms with van der Waals surface area (Å²) < 4.78 is 0. The standard InChI is InChI=1S/C17H18O2S/c1-11-4-5-12(2)17(8-11)20-10-15-9-14(13(3)18)6-7-16(15)19/h4-9,19H,10H2,1-3H3. The Morgan fingerprint density at radius 1 is 1.15 bits per heavy atom. The van der Waals surface area contributed by atoms with Crippen LogP contribution in [0.2, 0.25) is 0 Å². The van der Waals surface area contributed by atoms with Crippen molar-refractivity contribution in [2.75, 3.05) is 0 Å². The average Bonchev–Trinajstić information content (AvgIpc) is 2.41. The van der Waals surface area contributed by atoms with Gasteiger partial charge in [0.1, 0.15) is 5.75 Å². The molecule has 104 valence electrons. The van der Waals surface area contributed by atoms with E-state index >= 15 is 0 Å². The second-order valence-electron chi connectivity index (χ2n) is 4.96. The lowest BCUT2D eigenvalue weighted by atomic mass is 10.1. The highest BCUT2D eigenvalue weighted by molar-refractivity contribution is 7.98. The maximum atomic E-state index is 11.4. The summed E-state index contributed by atoms with van der Waals surface area (Å²) in [5.41, 5.74) is 3.88. The number of benzene rings is 2. The molecule has 0 saturated heterocycles. The minimum atomic E-state index is 0.0167. The van der Waals surface area contributed by atoms with Crippen LogP contribution in [-0.2, 0) is 5.75 Å². The van der Waals surface area contributed by atoms with Crippen LogP contribution >= 0.6 is 11.8 Å². The van der Waals surface area contributed by atoms with E-state index in [-0.39, 0.29) is 11.5 Å². The van der Waals surface area contributed by atoms with Crippen molar-refractivity contribution < 1.29 is 9.90 Å². The molecule has 2 rings (SSSR count). The molecule has 1 N–H and O–H groups in total. The zero-order chi connectivity index (χ0) is 14.7. The Morgan fingerprint density at radius 2 is 1.90 bits per heavy atom. The molecule has 3 heteroatoms. The van der Waals surface area contributed by atoms with Crippen LogP contribution in [0.3, 0.4) is 0 Å². The molecule has 0 aliphatic heterocycles. The van der Waals surface area contributed by atoms with E-state index in [4.69, 9.17) is 0 Å². The lowest BCUT2D eigenvalue weighted by Gasteiger charge is -2.09. The topological polar surface area (TPSA) is 37.3 Å². The van der Waals surface area contributed by atoms with E-state index in [9.17, 15) is 9.90 Å². The number of phenols is 1. The Labute approximate surface area is 123 Å². The summed E-state index contributed by atoms with van der Waals surface area (Å²) in [6.07, 6.45) is 0. The van der Waals surface area contributed by atoms with Gasteiger partial charge in [-0.15, -0.1) is 11.8 Å². The molecule has 0 amide bonds.